The van der Waals surface area contributed by atoms with Crippen molar-refractivity contribution < 1.29 is 5.11 Å². The molecular weight excluding hydrogens is 288 g/mol. The van der Waals surface area contributed by atoms with Gasteiger partial charge in [-0.2, -0.15) is 5.10 Å². The number of hydrogen-bond acceptors (Lipinski definition) is 4. The van der Waals surface area contributed by atoms with Gasteiger partial charge in [-0.1, -0.05) is 30.3 Å². The molecule has 1 atom stereocenters. The van der Waals surface area contributed by atoms with Crippen molar-refractivity contribution >= 4 is 5.69 Å². The van der Waals surface area contributed by atoms with E-state index in [2.05, 4.69) is 45.4 Å². The average Bonchev–Trinajstić information content (AvgIpc) is 3.01. The number of nitrogens with zero attached hydrogens (tertiary/aromatic N) is 4. The van der Waals surface area contributed by atoms with E-state index in [9.17, 15) is 5.11 Å². The predicted octanol–water partition coefficient (Wildman–Crippen LogP) is 1.54. The Hall–Kier alpha value is -1.85. The molecule has 2 heterocycles. The van der Waals surface area contributed by atoms with Crippen LogP contribution < -0.4 is 4.90 Å². The Morgan fingerprint density at radius 3 is 2.52 bits per heavy atom. The molecule has 5 nitrogen and oxygen atoms in total. The van der Waals surface area contributed by atoms with Gasteiger partial charge in [-0.15, -0.1) is 0 Å². The minimum absolute atomic E-state index is 0.250. The number of aliphatic hydroxyl groups excluding tert-OH is 1. The van der Waals surface area contributed by atoms with Crippen LogP contribution in [0.25, 0.3) is 0 Å². The molecule has 2 aromatic rings. The van der Waals surface area contributed by atoms with E-state index in [1.54, 1.807) is 0 Å². The molecule has 1 fully saturated rings. The van der Waals surface area contributed by atoms with Crippen LogP contribution in [0, 0.1) is 0 Å². The minimum Gasteiger partial charge on any atom is -0.392 e. The third-order valence-corrected chi connectivity index (χ3v) is 4.51. The van der Waals surface area contributed by atoms with Crippen LogP contribution in [0.1, 0.15) is 12.0 Å². The highest BCUT2D eigenvalue weighted by molar-refractivity contribution is 5.42. The van der Waals surface area contributed by atoms with Crippen LogP contribution in [0.4, 0.5) is 5.69 Å². The van der Waals surface area contributed by atoms with Crippen LogP contribution in [0.15, 0.2) is 42.7 Å². The number of aliphatic hydroxyl groups is 1. The van der Waals surface area contributed by atoms with Crippen LogP contribution in [0.2, 0.25) is 0 Å². The van der Waals surface area contributed by atoms with Gasteiger partial charge in [-0.3, -0.25) is 9.58 Å². The van der Waals surface area contributed by atoms with Crippen molar-refractivity contribution in [2.24, 2.45) is 7.05 Å². The predicted molar refractivity (Wildman–Crippen MR) is 92.6 cm³/mol. The van der Waals surface area contributed by atoms with Gasteiger partial charge in [0, 0.05) is 46.0 Å². The average molecular weight is 314 g/mol. The Morgan fingerprint density at radius 2 is 1.87 bits per heavy atom. The van der Waals surface area contributed by atoms with Crippen LogP contribution in [-0.4, -0.2) is 58.6 Å². The van der Waals surface area contributed by atoms with Gasteiger partial charge in [0.15, 0.2) is 0 Å². The largest absolute Gasteiger partial charge is 0.392 e. The third-order valence-electron chi connectivity index (χ3n) is 4.51. The maximum Gasteiger partial charge on any atom is 0.0753 e. The Morgan fingerprint density at radius 1 is 1.13 bits per heavy atom. The van der Waals surface area contributed by atoms with Crippen LogP contribution in [-0.2, 0) is 13.5 Å². The van der Waals surface area contributed by atoms with Crippen molar-refractivity contribution in [2.75, 3.05) is 37.6 Å². The summed E-state index contributed by atoms with van der Waals surface area (Å²) in [5.74, 6) is 0. The quantitative estimate of drug-likeness (QED) is 0.878. The first-order valence-electron chi connectivity index (χ1n) is 8.38. The van der Waals surface area contributed by atoms with Crippen molar-refractivity contribution in [3.8, 4) is 0 Å². The third kappa shape index (κ3) is 4.56. The molecule has 1 N–H and O–H groups in total. The van der Waals surface area contributed by atoms with Crippen LogP contribution in [0.3, 0.4) is 0 Å². The molecule has 5 heteroatoms. The van der Waals surface area contributed by atoms with E-state index in [-0.39, 0.29) is 6.10 Å². The SMILES string of the molecule is Cn1cc(N2CCN(CC(O)CCc3ccccc3)CC2)cn1. The lowest BCUT2D eigenvalue weighted by Gasteiger charge is -2.36. The number of benzene rings is 1. The molecule has 0 radical (unpaired) electrons. The van der Waals surface area contributed by atoms with Gasteiger partial charge in [0.05, 0.1) is 18.0 Å². The second-order valence-corrected chi connectivity index (χ2v) is 6.34. The first-order chi connectivity index (χ1) is 11.2. The molecule has 0 aliphatic carbocycles. The highest BCUT2D eigenvalue weighted by atomic mass is 16.3. The summed E-state index contributed by atoms with van der Waals surface area (Å²) in [5.41, 5.74) is 2.49. The summed E-state index contributed by atoms with van der Waals surface area (Å²) >= 11 is 0. The molecule has 0 bridgehead atoms. The molecule has 3 rings (SSSR count). The van der Waals surface area contributed by atoms with Gasteiger partial charge in [0.1, 0.15) is 0 Å². The summed E-state index contributed by atoms with van der Waals surface area (Å²) in [4.78, 5) is 4.72. The number of rotatable bonds is 6. The zero-order chi connectivity index (χ0) is 16.1. The van der Waals surface area contributed by atoms with Crippen molar-refractivity contribution in [1.82, 2.24) is 14.7 Å². The summed E-state index contributed by atoms with van der Waals surface area (Å²) < 4.78 is 1.84. The van der Waals surface area contributed by atoms with E-state index < -0.39 is 0 Å². The molecule has 1 aliphatic rings. The Labute approximate surface area is 138 Å². The fraction of sp³-hybridized carbons (Fsp3) is 0.500. The molecular formula is C18H26N4O. The van der Waals surface area contributed by atoms with Crippen LogP contribution >= 0.6 is 0 Å². The molecule has 1 aromatic carbocycles. The maximum atomic E-state index is 10.3. The molecule has 124 valence electrons. The topological polar surface area (TPSA) is 44.5 Å². The van der Waals surface area contributed by atoms with Gasteiger partial charge in [-0.05, 0) is 18.4 Å². The lowest BCUT2D eigenvalue weighted by molar-refractivity contribution is 0.102. The van der Waals surface area contributed by atoms with E-state index in [1.807, 2.05) is 24.0 Å². The van der Waals surface area contributed by atoms with Crippen molar-refractivity contribution in [3.05, 3.63) is 48.3 Å². The van der Waals surface area contributed by atoms with E-state index in [4.69, 9.17) is 0 Å². The first kappa shape index (κ1) is 16.0. The monoisotopic (exact) mass is 314 g/mol. The lowest BCUT2D eigenvalue weighted by Crippen LogP contribution is -2.48. The Kier molecular flexibility index (Phi) is 5.31. The molecule has 0 spiro atoms. The molecule has 0 saturated carbocycles. The standard InChI is InChI=1S/C18H26N4O/c1-20-14-17(13-19-20)22-11-9-21(10-12-22)15-18(23)8-7-16-5-3-2-4-6-16/h2-6,13-14,18,23H,7-12,15H2,1H3. The van der Waals surface area contributed by atoms with Gasteiger partial charge in [0.25, 0.3) is 0 Å². The zero-order valence-corrected chi connectivity index (χ0v) is 13.8. The van der Waals surface area contributed by atoms with E-state index in [0.717, 1.165) is 45.6 Å². The lowest BCUT2D eigenvalue weighted by atomic mass is 10.1. The maximum absolute atomic E-state index is 10.3. The highest BCUT2D eigenvalue weighted by Crippen LogP contribution is 2.15. The van der Waals surface area contributed by atoms with E-state index in [1.165, 1.54) is 11.3 Å². The highest BCUT2D eigenvalue weighted by Gasteiger charge is 2.20. The summed E-state index contributed by atoms with van der Waals surface area (Å²) in [5, 5.41) is 14.5. The first-order valence-corrected chi connectivity index (χ1v) is 8.38. The molecule has 1 saturated heterocycles. The van der Waals surface area contributed by atoms with E-state index in [0.29, 0.717) is 0 Å². The Balaban J connectivity index is 1.40. The Bertz CT molecular complexity index is 590. The number of hydrogen-bond donors (Lipinski definition) is 1. The van der Waals surface area contributed by atoms with Gasteiger partial charge in [-0.25, -0.2) is 0 Å². The summed E-state index contributed by atoms with van der Waals surface area (Å²) in [6, 6.07) is 10.4. The molecule has 1 aliphatic heterocycles. The molecule has 1 aromatic heterocycles. The zero-order valence-electron chi connectivity index (χ0n) is 13.8. The number of β-amino-alcohol motifs (C(OH)–C–C–N with tert-alkyl or cyclic N) is 1. The smallest absolute Gasteiger partial charge is 0.0753 e. The summed E-state index contributed by atoms with van der Waals surface area (Å²) in [6.45, 7) is 4.76. The fourth-order valence-electron chi connectivity index (χ4n) is 3.13. The van der Waals surface area contributed by atoms with Crippen LogP contribution in [0.5, 0.6) is 0 Å². The van der Waals surface area contributed by atoms with Gasteiger partial charge in [0.2, 0.25) is 0 Å². The number of piperazine rings is 1. The second kappa shape index (κ2) is 7.62. The van der Waals surface area contributed by atoms with Crippen molar-refractivity contribution in [3.63, 3.8) is 0 Å². The number of aromatic nitrogens is 2. The van der Waals surface area contributed by atoms with Crippen molar-refractivity contribution in [1.29, 1.82) is 0 Å². The number of aryl methyl sites for hydroxylation is 2. The van der Waals surface area contributed by atoms with Crippen molar-refractivity contribution in [2.45, 2.75) is 18.9 Å². The van der Waals surface area contributed by atoms with E-state index >= 15 is 0 Å². The second-order valence-electron chi connectivity index (χ2n) is 6.34. The number of anilines is 1. The summed E-state index contributed by atoms with van der Waals surface area (Å²) in [6.07, 6.45) is 5.50. The summed E-state index contributed by atoms with van der Waals surface area (Å²) in [7, 11) is 1.95. The van der Waals surface area contributed by atoms with Gasteiger partial charge >= 0.3 is 0 Å². The molecule has 1 unspecified atom stereocenters. The molecule has 23 heavy (non-hydrogen) atoms. The fourth-order valence-corrected chi connectivity index (χ4v) is 3.13. The van der Waals surface area contributed by atoms with Gasteiger partial charge < -0.3 is 10.0 Å². The molecule has 0 amide bonds. The normalized spacial score (nSPS) is 17.4. The minimum atomic E-state index is -0.250.